The molecule has 0 spiro atoms. The van der Waals surface area contributed by atoms with Crippen molar-refractivity contribution in [2.75, 3.05) is 13.1 Å². The average Bonchev–Trinajstić information content (AvgIpc) is 3.10. The van der Waals surface area contributed by atoms with E-state index in [1.807, 2.05) is 10.9 Å². The minimum atomic E-state index is -0.0690. The maximum absolute atomic E-state index is 12.8. The number of piperidine rings is 3. The molecule has 0 radical (unpaired) electrons. The summed E-state index contributed by atoms with van der Waals surface area (Å²) in [5.74, 6) is 0.915. The molecule has 138 valence electrons. The Kier molecular flexibility index (Phi) is 5.03. The molecule has 4 heterocycles. The van der Waals surface area contributed by atoms with Crippen LogP contribution in [0.15, 0.2) is 6.20 Å². The SMILES string of the molecule is O=C(NC1CCCCC1)C1CN2CCC1CC2Cn1cc(CO)nn1. The Morgan fingerprint density at radius 1 is 1.28 bits per heavy atom. The first kappa shape index (κ1) is 17.0. The highest BCUT2D eigenvalue weighted by molar-refractivity contribution is 5.79. The van der Waals surface area contributed by atoms with Gasteiger partial charge in [0.25, 0.3) is 0 Å². The molecule has 1 aromatic heterocycles. The van der Waals surface area contributed by atoms with Gasteiger partial charge in [-0.15, -0.1) is 5.10 Å². The average molecular weight is 347 g/mol. The number of carbonyl (C=O) groups excluding carboxylic acids is 1. The molecule has 2 bridgehead atoms. The summed E-state index contributed by atoms with van der Waals surface area (Å²) in [4.78, 5) is 15.2. The van der Waals surface area contributed by atoms with Crippen LogP contribution in [0.3, 0.4) is 0 Å². The second-order valence-corrected chi connectivity index (χ2v) is 7.97. The second kappa shape index (κ2) is 7.41. The number of nitrogens with zero attached hydrogens (tertiary/aromatic N) is 4. The summed E-state index contributed by atoms with van der Waals surface area (Å²) < 4.78 is 1.83. The molecular formula is C18H29N5O2. The van der Waals surface area contributed by atoms with Crippen molar-refractivity contribution in [3.05, 3.63) is 11.9 Å². The number of amides is 1. The number of nitrogens with one attached hydrogen (secondary N) is 1. The lowest BCUT2D eigenvalue weighted by molar-refractivity contribution is -0.134. The molecule has 3 aliphatic heterocycles. The molecule has 4 atom stereocenters. The van der Waals surface area contributed by atoms with Crippen LogP contribution in [0, 0.1) is 11.8 Å². The van der Waals surface area contributed by atoms with Crippen LogP contribution in [0.1, 0.15) is 50.6 Å². The van der Waals surface area contributed by atoms with Crippen molar-refractivity contribution >= 4 is 5.91 Å². The third-order valence-corrected chi connectivity index (χ3v) is 6.31. The quantitative estimate of drug-likeness (QED) is 0.828. The molecule has 1 saturated carbocycles. The molecule has 1 aliphatic carbocycles. The molecule has 1 amide bonds. The van der Waals surface area contributed by atoms with Gasteiger partial charge in [0.1, 0.15) is 5.69 Å². The highest BCUT2D eigenvalue weighted by Crippen LogP contribution is 2.37. The lowest BCUT2D eigenvalue weighted by Gasteiger charge is -2.49. The van der Waals surface area contributed by atoms with Gasteiger partial charge >= 0.3 is 0 Å². The Labute approximate surface area is 148 Å². The van der Waals surface area contributed by atoms with Crippen molar-refractivity contribution < 1.29 is 9.90 Å². The Morgan fingerprint density at radius 2 is 2.12 bits per heavy atom. The van der Waals surface area contributed by atoms with Crippen LogP contribution in [-0.2, 0) is 17.9 Å². The van der Waals surface area contributed by atoms with Crippen molar-refractivity contribution in [1.29, 1.82) is 0 Å². The highest BCUT2D eigenvalue weighted by Gasteiger charge is 2.43. The van der Waals surface area contributed by atoms with E-state index in [0.717, 1.165) is 45.3 Å². The molecule has 4 aliphatic rings. The fourth-order valence-corrected chi connectivity index (χ4v) is 4.90. The summed E-state index contributed by atoms with van der Waals surface area (Å²) in [6, 6.07) is 0.824. The number of carbonyl (C=O) groups is 1. The van der Waals surface area contributed by atoms with Crippen molar-refractivity contribution in [2.24, 2.45) is 11.8 Å². The first-order chi connectivity index (χ1) is 12.2. The molecule has 0 aromatic carbocycles. The predicted octanol–water partition coefficient (Wildman–Crippen LogP) is 0.930. The normalized spacial score (nSPS) is 32.7. The Balaban J connectivity index is 1.33. The van der Waals surface area contributed by atoms with Crippen LogP contribution < -0.4 is 5.32 Å². The smallest absolute Gasteiger partial charge is 0.224 e. The van der Waals surface area contributed by atoms with Gasteiger partial charge < -0.3 is 10.4 Å². The number of aliphatic hydroxyl groups is 1. The van der Waals surface area contributed by atoms with E-state index >= 15 is 0 Å². The Hall–Kier alpha value is -1.47. The second-order valence-electron chi connectivity index (χ2n) is 7.97. The fourth-order valence-electron chi connectivity index (χ4n) is 4.90. The topological polar surface area (TPSA) is 83.3 Å². The van der Waals surface area contributed by atoms with E-state index in [2.05, 4.69) is 20.5 Å². The maximum atomic E-state index is 12.8. The number of fused-ring (bicyclic) bond motifs is 3. The molecule has 25 heavy (non-hydrogen) atoms. The van der Waals surface area contributed by atoms with Crippen molar-refractivity contribution in [1.82, 2.24) is 25.2 Å². The zero-order valence-electron chi connectivity index (χ0n) is 14.8. The van der Waals surface area contributed by atoms with E-state index in [4.69, 9.17) is 5.11 Å². The number of aromatic nitrogens is 3. The Morgan fingerprint density at radius 3 is 2.80 bits per heavy atom. The summed E-state index contributed by atoms with van der Waals surface area (Å²) in [6.45, 7) is 2.67. The fraction of sp³-hybridized carbons (Fsp3) is 0.833. The number of aliphatic hydroxyl groups excluding tert-OH is 1. The third kappa shape index (κ3) is 3.72. The number of rotatable bonds is 5. The van der Waals surface area contributed by atoms with Gasteiger partial charge in [-0.05, 0) is 38.1 Å². The van der Waals surface area contributed by atoms with Gasteiger partial charge in [-0.2, -0.15) is 0 Å². The van der Waals surface area contributed by atoms with E-state index in [-0.39, 0.29) is 18.4 Å². The van der Waals surface area contributed by atoms with Gasteiger partial charge in [-0.3, -0.25) is 14.4 Å². The molecule has 2 N–H and O–H groups in total. The van der Waals surface area contributed by atoms with E-state index in [0.29, 0.717) is 23.7 Å². The van der Waals surface area contributed by atoms with Crippen molar-refractivity contribution in [3.8, 4) is 0 Å². The van der Waals surface area contributed by atoms with Crippen LogP contribution in [0.4, 0.5) is 0 Å². The molecule has 3 saturated heterocycles. The summed E-state index contributed by atoms with van der Waals surface area (Å²) in [5, 5.41) is 20.5. The van der Waals surface area contributed by atoms with Crippen LogP contribution >= 0.6 is 0 Å². The van der Waals surface area contributed by atoms with E-state index in [1.165, 1.54) is 19.3 Å². The molecule has 5 rings (SSSR count). The van der Waals surface area contributed by atoms with Gasteiger partial charge in [0.05, 0.1) is 25.3 Å². The predicted molar refractivity (Wildman–Crippen MR) is 92.5 cm³/mol. The first-order valence-corrected chi connectivity index (χ1v) is 9.77. The summed E-state index contributed by atoms with van der Waals surface area (Å²) in [5.41, 5.74) is 0.612. The lowest BCUT2D eigenvalue weighted by atomic mass is 9.75. The molecule has 7 nitrogen and oxygen atoms in total. The molecule has 4 unspecified atom stereocenters. The molecule has 4 fully saturated rings. The lowest BCUT2D eigenvalue weighted by Crippen LogP contribution is -2.58. The van der Waals surface area contributed by atoms with Crippen LogP contribution in [0.2, 0.25) is 0 Å². The van der Waals surface area contributed by atoms with Crippen LogP contribution in [0.25, 0.3) is 0 Å². The van der Waals surface area contributed by atoms with E-state index < -0.39 is 0 Å². The summed E-state index contributed by atoms with van der Waals surface area (Å²) in [7, 11) is 0. The van der Waals surface area contributed by atoms with Gasteiger partial charge in [0, 0.05) is 18.6 Å². The summed E-state index contributed by atoms with van der Waals surface area (Å²) >= 11 is 0. The minimum absolute atomic E-state index is 0.0690. The first-order valence-electron chi connectivity index (χ1n) is 9.77. The largest absolute Gasteiger partial charge is 0.390 e. The highest BCUT2D eigenvalue weighted by atomic mass is 16.3. The number of hydrogen-bond acceptors (Lipinski definition) is 5. The van der Waals surface area contributed by atoms with Gasteiger partial charge in [0.2, 0.25) is 5.91 Å². The maximum Gasteiger partial charge on any atom is 0.224 e. The van der Waals surface area contributed by atoms with Crippen LogP contribution in [-0.4, -0.2) is 56.1 Å². The minimum Gasteiger partial charge on any atom is -0.390 e. The molecule has 7 heteroatoms. The molecular weight excluding hydrogens is 318 g/mol. The number of hydrogen-bond donors (Lipinski definition) is 2. The zero-order chi connectivity index (χ0) is 17.2. The van der Waals surface area contributed by atoms with Gasteiger partial charge in [0.15, 0.2) is 0 Å². The Bertz CT molecular complexity index is 598. The van der Waals surface area contributed by atoms with Crippen molar-refractivity contribution in [3.63, 3.8) is 0 Å². The molecule has 1 aromatic rings. The van der Waals surface area contributed by atoms with Gasteiger partial charge in [-0.25, -0.2) is 0 Å². The standard InChI is InChI=1S/C18H29N5O2/c24-12-15-9-23(21-20-15)10-16-8-13-6-7-22(16)11-17(13)18(25)19-14-4-2-1-3-5-14/h9,13-14,16-17,24H,1-8,10-12H2,(H,19,25). The van der Waals surface area contributed by atoms with Gasteiger partial charge in [-0.1, -0.05) is 24.5 Å². The monoisotopic (exact) mass is 347 g/mol. The summed E-state index contributed by atoms with van der Waals surface area (Å²) in [6.07, 6.45) is 10.1. The van der Waals surface area contributed by atoms with E-state index in [9.17, 15) is 4.79 Å². The zero-order valence-corrected chi connectivity index (χ0v) is 14.8. The van der Waals surface area contributed by atoms with Crippen LogP contribution in [0.5, 0.6) is 0 Å². The third-order valence-electron chi connectivity index (χ3n) is 6.31. The van der Waals surface area contributed by atoms with Crippen molar-refractivity contribution in [2.45, 2.75) is 70.2 Å². The van der Waals surface area contributed by atoms with E-state index in [1.54, 1.807) is 0 Å².